The largest absolute Gasteiger partial charge is 0.491 e. The maximum Gasteiger partial charge on any atom is 0.119 e. The van der Waals surface area contributed by atoms with Crippen LogP contribution in [-0.4, -0.2) is 12.6 Å². The van der Waals surface area contributed by atoms with Crippen LogP contribution in [0.25, 0.3) is 0 Å². The molecule has 0 heterocycles. The van der Waals surface area contributed by atoms with E-state index in [0.717, 1.165) is 30.0 Å². The summed E-state index contributed by atoms with van der Waals surface area (Å²) in [7, 11) is 0. The average Bonchev–Trinajstić information content (AvgIpc) is 3.28. The Morgan fingerprint density at radius 3 is 2.15 bits per heavy atom. The highest BCUT2D eigenvalue weighted by Gasteiger charge is 2.40. The molecule has 2 aliphatic rings. The Kier molecular flexibility index (Phi) is 4.30. The minimum Gasteiger partial charge on any atom is -0.491 e. The fourth-order valence-electron chi connectivity index (χ4n) is 3.11. The first kappa shape index (κ1) is 13.9. The Labute approximate surface area is 122 Å². The standard InChI is InChI=1S/C18H27NO/c1-13(2)20-17-9-3-14(4-10-17)11-19-12-18(15-5-6-15)16-7-8-16/h3-4,9-10,13,15-16,18-19H,5-8,11-12H2,1-2H3. The van der Waals surface area contributed by atoms with Crippen LogP contribution < -0.4 is 10.1 Å². The van der Waals surface area contributed by atoms with Crippen LogP contribution in [0.1, 0.15) is 45.1 Å². The summed E-state index contributed by atoms with van der Waals surface area (Å²) in [5.41, 5.74) is 1.35. The minimum absolute atomic E-state index is 0.247. The molecule has 2 saturated carbocycles. The summed E-state index contributed by atoms with van der Waals surface area (Å²) >= 11 is 0. The summed E-state index contributed by atoms with van der Waals surface area (Å²) < 4.78 is 5.67. The molecule has 2 nitrogen and oxygen atoms in total. The first-order valence-corrected chi connectivity index (χ1v) is 8.18. The van der Waals surface area contributed by atoms with Gasteiger partial charge in [-0.15, -0.1) is 0 Å². The number of nitrogens with one attached hydrogen (secondary N) is 1. The predicted molar refractivity (Wildman–Crippen MR) is 82.9 cm³/mol. The van der Waals surface area contributed by atoms with Crippen LogP contribution in [0.15, 0.2) is 24.3 Å². The van der Waals surface area contributed by atoms with Gasteiger partial charge in [0.2, 0.25) is 0 Å². The molecule has 0 aliphatic heterocycles. The first-order valence-electron chi connectivity index (χ1n) is 8.18. The van der Waals surface area contributed by atoms with Crippen molar-refractivity contribution in [2.75, 3.05) is 6.54 Å². The van der Waals surface area contributed by atoms with Gasteiger partial charge in [-0.2, -0.15) is 0 Å². The molecular formula is C18H27NO. The second-order valence-corrected chi connectivity index (χ2v) is 6.78. The predicted octanol–water partition coefficient (Wildman–Crippen LogP) is 4.00. The van der Waals surface area contributed by atoms with Crippen molar-refractivity contribution in [1.82, 2.24) is 5.32 Å². The van der Waals surface area contributed by atoms with E-state index >= 15 is 0 Å². The zero-order valence-corrected chi connectivity index (χ0v) is 12.8. The Balaban J connectivity index is 1.43. The third kappa shape index (κ3) is 3.99. The van der Waals surface area contributed by atoms with Gasteiger partial charge in [0.25, 0.3) is 0 Å². The third-order valence-corrected chi connectivity index (χ3v) is 4.46. The molecule has 1 aromatic carbocycles. The highest BCUT2D eigenvalue weighted by Crippen LogP contribution is 2.48. The van der Waals surface area contributed by atoms with Gasteiger partial charge in [0.1, 0.15) is 5.75 Å². The Bertz CT molecular complexity index is 406. The monoisotopic (exact) mass is 273 g/mol. The molecule has 2 heteroatoms. The molecule has 0 aromatic heterocycles. The summed E-state index contributed by atoms with van der Waals surface area (Å²) in [6, 6.07) is 8.51. The lowest BCUT2D eigenvalue weighted by atomic mass is 9.98. The van der Waals surface area contributed by atoms with Gasteiger partial charge < -0.3 is 10.1 Å². The van der Waals surface area contributed by atoms with Gasteiger partial charge in [0.15, 0.2) is 0 Å². The van der Waals surface area contributed by atoms with Crippen molar-refractivity contribution in [2.24, 2.45) is 17.8 Å². The molecule has 0 unspecified atom stereocenters. The topological polar surface area (TPSA) is 21.3 Å². The van der Waals surface area contributed by atoms with Gasteiger partial charge >= 0.3 is 0 Å². The highest BCUT2D eigenvalue weighted by molar-refractivity contribution is 5.27. The molecule has 1 N–H and O–H groups in total. The van der Waals surface area contributed by atoms with Crippen molar-refractivity contribution in [1.29, 1.82) is 0 Å². The fourth-order valence-corrected chi connectivity index (χ4v) is 3.11. The maximum absolute atomic E-state index is 5.67. The molecular weight excluding hydrogens is 246 g/mol. The van der Waals surface area contributed by atoms with Crippen LogP contribution in [0.4, 0.5) is 0 Å². The lowest BCUT2D eigenvalue weighted by Gasteiger charge is -2.16. The van der Waals surface area contributed by atoms with Crippen molar-refractivity contribution in [2.45, 2.75) is 52.2 Å². The number of rotatable bonds is 8. The molecule has 110 valence electrons. The van der Waals surface area contributed by atoms with E-state index < -0.39 is 0 Å². The van der Waals surface area contributed by atoms with E-state index in [9.17, 15) is 0 Å². The fraction of sp³-hybridized carbons (Fsp3) is 0.667. The third-order valence-electron chi connectivity index (χ3n) is 4.46. The van der Waals surface area contributed by atoms with E-state index in [0.29, 0.717) is 0 Å². The average molecular weight is 273 g/mol. The molecule has 2 fully saturated rings. The summed E-state index contributed by atoms with van der Waals surface area (Å²) in [5, 5.41) is 3.66. The normalized spacial score (nSPS) is 18.8. The van der Waals surface area contributed by atoms with E-state index in [1.54, 1.807) is 0 Å². The van der Waals surface area contributed by atoms with E-state index in [4.69, 9.17) is 4.74 Å². The molecule has 3 rings (SSSR count). The van der Waals surface area contributed by atoms with Crippen molar-refractivity contribution >= 4 is 0 Å². The summed E-state index contributed by atoms with van der Waals surface area (Å²) in [4.78, 5) is 0. The van der Waals surface area contributed by atoms with Crippen molar-refractivity contribution < 1.29 is 4.74 Å². The van der Waals surface area contributed by atoms with Crippen LogP contribution in [-0.2, 0) is 6.54 Å². The van der Waals surface area contributed by atoms with Crippen LogP contribution in [0.3, 0.4) is 0 Å². The van der Waals surface area contributed by atoms with Gasteiger partial charge in [-0.25, -0.2) is 0 Å². The molecule has 20 heavy (non-hydrogen) atoms. The van der Waals surface area contributed by atoms with Gasteiger partial charge in [-0.05, 0) is 81.5 Å². The SMILES string of the molecule is CC(C)Oc1ccc(CNCC(C2CC2)C2CC2)cc1. The minimum atomic E-state index is 0.247. The molecule has 0 amide bonds. The second kappa shape index (κ2) is 6.17. The van der Waals surface area contributed by atoms with E-state index in [2.05, 4.69) is 43.4 Å². The van der Waals surface area contributed by atoms with E-state index in [1.165, 1.54) is 37.8 Å². The van der Waals surface area contributed by atoms with E-state index in [1.807, 2.05) is 0 Å². The number of ether oxygens (including phenoxy) is 1. The quantitative estimate of drug-likeness (QED) is 0.773. The van der Waals surface area contributed by atoms with Crippen LogP contribution in [0, 0.1) is 17.8 Å². The summed E-state index contributed by atoms with van der Waals surface area (Å²) in [6.07, 6.45) is 6.15. The smallest absolute Gasteiger partial charge is 0.119 e. The highest BCUT2D eigenvalue weighted by atomic mass is 16.5. The van der Waals surface area contributed by atoms with Crippen molar-refractivity contribution in [3.63, 3.8) is 0 Å². The summed E-state index contributed by atoms with van der Waals surface area (Å²) in [5.74, 6) is 4.00. The summed E-state index contributed by atoms with van der Waals surface area (Å²) in [6.45, 7) is 6.31. The number of hydrogen-bond donors (Lipinski definition) is 1. The lowest BCUT2D eigenvalue weighted by molar-refractivity contribution is 0.242. The molecule has 0 saturated heterocycles. The van der Waals surface area contributed by atoms with Gasteiger partial charge in [0, 0.05) is 6.54 Å². The molecule has 1 aromatic rings. The molecule has 0 spiro atoms. The van der Waals surface area contributed by atoms with Gasteiger partial charge in [0.05, 0.1) is 6.10 Å². The lowest BCUT2D eigenvalue weighted by Crippen LogP contribution is -2.25. The number of benzene rings is 1. The maximum atomic E-state index is 5.67. The molecule has 0 bridgehead atoms. The Morgan fingerprint density at radius 1 is 1.05 bits per heavy atom. The Morgan fingerprint density at radius 2 is 1.65 bits per heavy atom. The van der Waals surface area contributed by atoms with Gasteiger partial charge in [-0.1, -0.05) is 12.1 Å². The Hall–Kier alpha value is -1.02. The van der Waals surface area contributed by atoms with E-state index in [-0.39, 0.29) is 6.10 Å². The van der Waals surface area contributed by atoms with Crippen LogP contribution >= 0.6 is 0 Å². The van der Waals surface area contributed by atoms with Crippen LogP contribution in [0.2, 0.25) is 0 Å². The van der Waals surface area contributed by atoms with Gasteiger partial charge in [-0.3, -0.25) is 0 Å². The van der Waals surface area contributed by atoms with Crippen molar-refractivity contribution in [3.05, 3.63) is 29.8 Å². The zero-order chi connectivity index (χ0) is 13.9. The zero-order valence-electron chi connectivity index (χ0n) is 12.8. The first-order chi connectivity index (χ1) is 9.72. The number of hydrogen-bond acceptors (Lipinski definition) is 2. The molecule has 0 radical (unpaired) electrons. The van der Waals surface area contributed by atoms with Crippen LogP contribution in [0.5, 0.6) is 5.75 Å². The molecule has 0 atom stereocenters. The van der Waals surface area contributed by atoms with Crippen molar-refractivity contribution in [3.8, 4) is 5.75 Å². The molecule has 2 aliphatic carbocycles. The second-order valence-electron chi connectivity index (χ2n) is 6.78.